The van der Waals surface area contributed by atoms with E-state index in [0.29, 0.717) is 5.82 Å². The Morgan fingerprint density at radius 3 is 3.07 bits per heavy atom. The third kappa shape index (κ3) is 2.67. The number of hydrogen-bond donors (Lipinski definition) is 2. The second-order valence-electron chi connectivity index (χ2n) is 2.92. The minimum atomic E-state index is -0.231. The molecule has 0 radical (unpaired) electrons. The Morgan fingerprint density at radius 2 is 2.50 bits per heavy atom. The summed E-state index contributed by atoms with van der Waals surface area (Å²) in [5.74, 6) is 0.356. The maximum atomic E-state index is 10.8. The predicted molar refractivity (Wildman–Crippen MR) is 55.7 cm³/mol. The van der Waals surface area contributed by atoms with Crippen LogP contribution in [-0.4, -0.2) is 10.9 Å². The minimum Gasteiger partial charge on any atom is -0.321 e. The molecule has 1 aromatic heterocycles. The van der Waals surface area contributed by atoms with Crippen LogP contribution in [0.5, 0.6) is 0 Å². The number of anilines is 1. The number of pyridine rings is 1. The SMILES string of the molecule is C=C[C@H](N)c1ccnc(NC(C)=O)c1. The van der Waals surface area contributed by atoms with E-state index in [4.69, 9.17) is 5.73 Å². The minimum absolute atomic E-state index is 0.151. The van der Waals surface area contributed by atoms with Gasteiger partial charge in [0.25, 0.3) is 0 Å². The summed E-state index contributed by atoms with van der Waals surface area (Å²) >= 11 is 0. The molecule has 0 saturated heterocycles. The first-order valence-electron chi connectivity index (χ1n) is 4.25. The van der Waals surface area contributed by atoms with Crippen LogP contribution in [0.1, 0.15) is 18.5 Å². The number of nitrogens with one attached hydrogen (secondary N) is 1. The Balaban J connectivity index is 2.88. The van der Waals surface area contributed by atoms with Crippen molar-refractivity contribution in [2.24, 2.45) is 5.73 Å². The molecule has 1 aromatic rings. The summed E-state index contributed by atoms with van der Waals surface area (Å²) in [5, 5.41) is 2.58. The average molecular weight is 191 g/mol. The van der Waals surface area contributed by atoms with Gasteiger partial charge in [-0.1, -0.05) is 6.08 Å². The van der Waals surface area contributed by atoms with Gasteiger partial charge in [-0.15, -0.1) is 6.58 Å². The van der Waals surface area contributed by atoms with Crippen molar-refractivity contribution in [1.82, 2.24) is 4.98 Å². The molecular formula is C10H13N3O. The number of hydrogen-bond acceptors (Lipinski definition) is 3. The molecule has 0 saturated carbocycles. The molecule has 0 fully saturated rings. The summed E-state index contributed by atoms with van der Waals surface area (Å²) in [6, 6.07) is 3.29. The van der Waals surface area contributed by atoms with Gasteiger partial charge < -0.3 is 11.1 Å². The summed E-state index contributed by atoms with van der Waals surface area (Å²) in [4.78, 5) is 14.7. The van der Waals surface area contributed by atoms with E-state index >= 15 is 0 Å². The number of nitrogens with two attached hydrogens (primary N) is 1. The van der Waals surface area contributed by atoms with Gasteiger partial charge in [-0.05, 0) is 17.7 Å². The second-order valence-corrected chi connectivity index (χ2v) is 2.92. The number of nitrogens with zero attached hydrogens (tertiary/aromatic N) is 1. The summed E-state index contributed by atoms with van der Waals surface area (Å²) in [6.45, 7) is 5.03. The molecule has 3 N–H and O–H groups in total. The molecule has 4 nitrogen and oxygen atoms in total. The summed E-state index contributed by atoms with van der Waals surface area (Å²) in [6.07, 6.45) is 3.23. The third-order valence-electron chi connectivity index (χ3n) is 1.73. The molecule has 0 aliphatic heterocycles. The lowest BCUT2D eigenvalue weighted by Crippen LogP contribution is -2.10. The molecule has 1 rings (SSSR count). The number of carbonyl (C=O) groups is 1. The first kappa shape index (κ1) is 10.4. The summed E-state index contributed by atoms with van der Waals surface area (Å²) in [5.41, 5.74) is 6.61. The van der Waals surface area contributed by atoms with Crippen molar-refractivity contribution >= 4 is 11.7 Å². The zero-order valence-corrected chi connectivity index (χ0v) is 8.03. The standard InChI is InChI=1S/C10H13N3O/c1-3-9(11)8-4-5-12-10(6-8)13-7(2)14/h3-6,9H,1,11H2,2H3,(H,12,13,14)/t9-/m0/s1. The van der Waals surface area contributed by atoms with Crippen LogP contribution >= 0.6 is 0 Å². The largest absolute Gasteiger partial charge is 0.321 e. The normalized spacial score (nSPS) is 11.9. The quantitative estimate of drug-likeness (QED) is 0.706. The molecule has 0 unspecified atom stereocenters. The van der Waals surface area contributed by atoms with Crippen molar-refractivity contribution in [3.63, 3.8) is 0 Å². The Bertz CT molecular complexity index is 349. The number of aromatic nitrogens is 1. The van der Waals surface area contributed by atoms with E-state index in [1.165, 1.54) is 6.92 Å². The lowest BCUT2D eigenvalue weighted by Gasteiger charge is -2.07. The summed E-state index contributed by atoms with van der Waals surface area (Å²) in [7, 11) is 0. The summed E-state index contributed by atoms with van der Waals surface area (Å²) < 4.78 is 0. The van der Waals surface area contributed by atoms with Gasteiger partial charge in [-0.3, -0.25) is 4.79 Å². The number of carbonyl (C=O) groups excluding carboxylic acids is 1. The molecule has 1 amide bonds. The van der Waals surface area contributed by atoms with Crippen molar-refractivity contribution in [3.8, 4) is 0 Å². The van der Waals surface area contributed by atoms with Crippen LogP contribution in [0, 0.1) is 0 Å². The molecular weight excluding hydrogens is 178 g/mol. The van der Waals surface area contributed by atoms with E-state index in [1.54, 1.807) is 24.4 Å². The molecule has 0 aromatic carbocycles. The molecule has 74 valence electrons. The zero-order chi connectivity index (χ0) is 10.6. The highest BCUT2D eigenvalue weighted by Crippen LogP contribution is 2.13. The van der Waals surface area contributed by atoms with Crippen molar-refractivity contribution in [3.05, 3.63) is 36.5 Å². The lowest BCUT2D eigenvalue weighted by molar-refractivity contribution is -0.114. The Morgan fingerprint density at radius 1 is 1.79 bits per heavy atom. The van der Waals surface area contributed by atoms with E-state index < -0.39 is 0 Å². The van der Waals surface area contributed by atoms with Gasteiger partial charge in [-0.25, -0.2) is 4.98 Å². The van der Waals surface area contributed by atoms with Crippen molar-refractivity contribution < 1.29 is 4.79 Å². The van der Waals surface area contributed by atoms with Crippen LogP contribution < -0.4 is 11.1 Å². The van der Waals surface area contributed by atoms with Gasteiger partial charge in [0.15, 0.2) is 0 Å². The van der Waals surface area contributed by atoms with Gasteiger partial charge in [0.05, 0.1) is 0 Å². The molecule has 14 heavy (non-hydrogen) atoms. The van der Waals surface area contributed by atoms with E-state index in [1.807, 2.05) is 0 Å². The van der Waals surface area contributed by atoms with Gasteiger partial charge >= 0.3 is 0 Å². The van der Waals surface area contributed by atoms with E-state index in [2.05, 4.69) is 16.9 Å². The Hall–Kier alpha value is -1.68. The maximum absolute atomic E-state index is 10.8. The van der Waals surface area contributed by atoms with E-state index in [-0.39, 0.29) is 11.9 Å². The van der Waals surface area contributed by atoms with Crippen molar-refractivity contribution in [1.29, 1.82) is 0 Å². The van der Waals surface area contributed by atoms with Crippen LogP contribution in [0.25, 0.3) is 0 Å². The predicted octanol–water partition coefficient (Wildman–Crippen LogP) is 1.23. The first-order valence-corrected chi connectivity index (χ1v) is 4.25. The highest BCUT2D eigenvalue weighted by molar-refractivity contribution is 5.87. The van der Waals surface area contributed by atoms with Crippen LogP contribution in [0.2, 0.25) is 0 Å². The molecule has 4 heteroatoms. The van der Waals surface area contributed by atoms with Gasteiger partial charge in [0.2, 0.25) is 5.91 Å². The molecule has 0 aliphatic carbocycles. The van der Waals surface area contributed by atoms with Crippen LogP contribution in [0.15, 0.2) is 31.0 Å². The van der Waals surface area contributed by atoms with E-state index in [0.717, 1.165) is 5.56 Å². The molecule has 1 heterocycles. The maximum Gasteiger partial charge on any atom is 0.222 e. The van der Waals surface area contributed by atoms with Gasteiger partial charge in [0, 0.05) is 19.2 Å². The fraction of sp³-hybridized carbons (Fsp3) is 0.200. The van der Waals surface area contributed by atoms with Crippen molar-refractivity contribution in [2.45, 2.75) is 13.0 Å². The zero-order valence-electron chi connectivity index (χ0n) is 8.03. The second kappa shape index (κ2) is 4.53. The molecule has 0 aliphatic rings. The molecule has 0 spiro atoms. The van der Waals surface area contributed by atoms with E-state index in [9.17, 15) is 4.79 Å². The smallest absolute Gasteiger partial charge is 0.222 e. The number of rotatable bonds is 3. The number of amides is 1. The molecule has 0 bridgehead atoms. The van der Waals surface area contributed by atoms with Gasteiger partial charge in [-0.2, -0.15) is 0 Å². The highest BCUT2D eigenvalue weighted by atomic mass is 16.1. The molecule has 1 atom stereocenters. The van der Waals surface area contributed by atoms with Crippen LogP contribution in [0.4, 0.5) is 5.82 Å². The monoisotopic (exact) mass is 191 g/mol. The lowest BCUT2D eigenvalue weighted by atomic mass is 10.1. The Labute approximate surface area is 82.8 Å². The fourth-order valence-electron chi connectivity index (χ4n) is 1.04. The van der Waals surface area contributed by atoms with Crippen molar-refractivity contribution in [2.75, 3.05) is 5.32 Å². The third-order valence-corrected chi connectivity index (χ3v) is 1.73. The van der Waals surface area contributed by atoms with Gasteiger partial charge in [0.1, 0.15) is 5.82 Å². The first-order chi connectivity index (χ1) is 6.63. The van der Waals surface area contributed by atoms with Crippen LogP contribution in [-0.2, 0) is 4.79 Å². The average Bonchev–Trinajstić information content (AvgIpc) is 2.16. The highest BCUT2D eigenvalue weighted by Gasteiger charge is 2.03. The fourth-order valence-corrected chi connectivity index (χ4v) is 1.04. The topological polar surface area (TPSA) is 68.0 Å². The Kier molecular flexibility index (Phi) is 3.36. The van der Waals surface area contributed by atoms with Crippen LogP contribution in [0.3, 0.4) is 0 Å².